The van der Waals surface area contributed by atoms with Crippen molar-refractivity contribution in [1.82, 2.24) is 0 Å². The van der Waals surface area contributed by atoms with E-state index in [0.717, 1.165) is 24.0 Å². The number of aryl methyl sites for hydroxylation is 1. The predicted octanol–water partition coefficient (Wildman–Crippen LogP) is 2.43. The molecule has 0 bridgehead atoms. The van der Waals surface area contributed by atoms with Crippen LogP contribution >= 0.6 is 11.6 Å². The lowest BCUT2D eigenvalue weighted by molar-refractivity contribution is 0.626. The average Bonchev–Trinajstić information content (AvgIpc) is 2.35. The molecular formula is C9H9ClFN. The molecule has 0 saturated carbocycles. The molecule has 12 heavy (non-hydrogen) atoms. The number of hydrogen-bond donors (Lipinski definition) is 1. The molecular weight excluding hydrogens is 177 g/mol. The van der Waals surface area contributed by atoms with Crippen LogP contribution in [0.25, 0.3) is 0 Å². The molecule has 2 N–H and O–H groups in total. The van der Waals surface area contributed by atoms with E-state index in [-0.39, 0.29) is 16.9 Å². The molecule has 1 aliphatic rings. The summed E-state index contributed by atoms with van der Waals surface area (Å²) in [6.45, 7) is 0. The van der Waals surface area contributed by atoms with Crippen LogP contribution in [0.5, 0.6) is 0 Å². The zero-order valence-corrected chi connectivity index (χ0v) is 7.24. The van der Waals surface area contributed by atoms with Crippen molar-refractivity contribution in [3.05, 3.63) is 34.1 Å². The fourth-order valence-electron chi connectivity index (χ4n) is 1.63. The lowest BCUT2D eigenvalue weighted by Crippen LogP contribution is -2.05. The van der Waals surface area contributed by atoms with Gasteiger partial charge in [0.05, 0.1) is 5.02 Å². The molecule has 0 heterocycles. The van der Waals surface area contributed by atoms with Crippen LogP contribution in [0, 0.1) is 5.82 Å². The van der Waals surface area contributed by atoms with Gasteiger partial charge < -0.3 is 5.73 Å². The third-order valence-electron chi connectivity index (χ3n) is 2.31. The zero-order chi connectivity index (χ0) is 8.72. The van der Waals surface area contributed by atoms with E-state index in [9.17, 15) is 4.39 Å². The summed E-state index contributed by atoms with van der Waals surface area (Å²) in [5.74, 6) is -0.343. The van der Waals surface area contributed by atoms with E-state index in [2.05, 4.69) is 0 Å². The Hall–Kier alpha value is -0.600. The summed E-state index contributed by atoms with van der Waals surface area (Å²) < 4.78 is 12.9. The largest absolute Gasteiger partial charge is 0.324 e. The maximum Gasteiger partial charge on any atom is 0.142 e. The van der Waals surface area contributed by atoms with Gasteiger partial charge >= 0.3 is 0 Å². The fraction of sp³-hybridized carbons (Fsp3) is 0.333. The third kappa shape index (κ3) is 1.11. The maximum atomic E-state index is 12.9. The van der Waals surface area contributed by atoms with E-state index in [1.807, 2.05) is 0 Å². The van der Waals surface area contributed by atoms with Crippen molar-refractivity contribution < 1.29 is 4.39 Å². The fourth-order valence-corrected chi connectivity index (χ4v) is 1.80. The van der Waals surface area contributed by atoms with Crippen LogP contribution in [0.15, 0.2) is 12.1 Å². The van der Waals surface area contributed by atoms with Gasteiger partial charge in [-0.3, -0.25) is 0 Å². The highest BCUT2D eigenvalue weighted by Crippen LogP contribution is 2.32. The molecule has 2 rings (SSSR count). The lowest BCUT2D eigenvalue weighted by atomic mass is 10.1. The molecule has 0 radical (unpaired) electrons. The van der Waals surface area contributed by atoms with Gasteiger partial charge in [0.1, 0.15) is 5.82 Å². The van der Waals surface area contributed by atoms with Crippen molar-refractivity contribution in [3.8, 4) is 0 Å². The van der Waals surface area contributed by atoms with Gasteiger partial charge in [-0.1, -0.05) is 11.6 Å². The average molecular weight is 186 g/mol. The van der Waals surface area contributed by atoms with Crippen LogP contribution < -0.4 is 5.73 Å². The topological polar surface area (TPSA) is 26.0 Å². The molecule has 1 nitrogen and oxygen atoms in total. The standard InChI is InChI=1S/C9H9ClFN/c10-7-4-6-5(3-8(7)11)1-2-9(6)12/h3-4,9H,1-2,12H2. The zero-order valence-electron chi connectivity index (χ0n) is 6.48. The van der Waals surface area contributed by atoms with E-state index < -0.39 is 0 Å². The van der Waals surface area contributed by atoms with Crippen molar-refractivity contribution in [2.45, 2.75) is 18.9 Å². The van der Waals surface area contributed by atoms with Gasteiger partial charge in [0.25, 0.3) is 0 Å². The normalized spacial score (nSPS) is 21.1. The van der Waals surface area contributed by atoms with Crippen LogP contribution in [0.2, 0.25) is 5.02 Å². The smallest absolute Gasteiger partial charge is 0.142 e. The Labute approximate surface area is 75.3 Å². The summed E-state index contributed by atoms with van der Waals surface area (Å²) >= 11 is 5.63. The van der Waals surface area contributed by atoms with Crippen molar-refractivity contribution >= 4 is 11.6 Å². The van der Waals surface area contributed by atoms with Gasteiger partial charge in [-0.2, -0.15) is 0 Å². The second-order valence-corrected chi connectivity index (χ2v) is 3.52. The van der Waals surface area contributed by atoms with Crippen LogP contribution in [-0.4, -0.2) is 0 Å². The highest BCUT2D eigenvalue weighted by Gasteiger charge is 2.20. The Balaban J connectivity index is 2.56. The molecule has 1 aromatic rings. The molecule has 0 amide bonds. The SMILES string of the molecule is NC1CCc2cc(F)c(Cl)cc21. The van der Waals surface area contributed by atoms with Gasteiger partial charge in [0, 0.05) is 6.04 Å². The monoisotopic (exact) mass is 185 g/mol. The first-order chi connectivity index (χ1) is 5.68. The number of halogens is 2. The van der Waals surface area contributed by atoms with E-state index in [4.69, 9.17) is 17.3 Å². The van der Waals surface area contributed by atoms with Crippen LogP contribution in [0.3, 0.4) is 0 Å². The van der Waals surface area contributed by atoms with Crippen LogP contribution in [-0.2, 0) is 6.42 Å². The Morgan fingerprint density at radius 3 is 3.00 bits per heavy atom. The van der Waals surface area contributed by atoms with E-state index in [1.54, 1.807) is 6.07 Å². The summed E-state index contributed by atoms with van der Waals surface area (Å²) in [5, 5.41) is 0.172. The van der Waals surface area contributed by atoms with E-state index in [0.29, 0.717) is 0 Å². The first-order valence-electron chi connectivity index (χ1n) is 3.92. The Morgan fingerprint density at radius 2 is 2.25 bits per heavy atom. The molecule has 1 aromatic carbocycles. The van der Waals surface area contributed by atoms with Crippen molar-refractivity contribution in [2.75, 3.05) is 0 Å². The molecule has 1 atom stereocenters. The van der Waals surface area contributed by atoms with Crippen molar-refractivity contribution in [3.63, 3.8) is 0 Å². The Bertz CT molecular complexity index is 325. The Morgan fingerprint density at radius 1 is 1.50 bits per heavy atom. The van der Waals surface area contributed by atoms with Crippen LogP contribution in [0.4, 0.5) is 4.39 Å². The van der Waals surface area contributed by atoms with Crippen LogP contribution in [0.1, 0.15) is 23.6 Å². The van der Waals surface area contributed by atoms with Gasteiger partial charge in [-0.05, 0) is 36.1 Å². The summed E-state index contributed by atoms with van der Waals surface area (Å²) in [6, 6.07) is 3.17. The summed E-state index contributed by atoms with van der Waals surface area (Å²) in [4.78, 5) is 0. The molecule has 0 fully saturated rings. The molecule has 64 valence electrons. The minimum atomic E-state index is -0.343. The second-order valence-electron chi connectivity index (χ2n) is 3.11. The van der Waals surface area contributed by atoms with Crippen molar-refractivity contribution in [2.24, 2.45) is 5.73 Å². The van der Waals surface area contributed by atoms with E-state index >= 15 is 0 Å². The molecule has 0 aromatic heterocycles. The summed E-state index contributed by atoms with van der Waals surface area (Å²) in [6.07, 6.45) is 1.76. The first kappa shape index (κ1) is 8.02. The maximum absolute atomic E-state index is 12.9. The van der Waals surface area contributed by atoms with Gasteiger partial charge in [-0.25, -0.2) is 4.39 Å². The highest BCUT2D eigenvalue weighted by molar-refractivity contribution is 6.30. The quantitative estimate of drug-likeness (QED) is 0.660. The van der Waals surface area contributed by atoms with Gasteiger partial charge in [0.15, 0.2) is 0 Å². The summed E-state index contributed by atoms with van der Waals surface area (Å²) in [7, 11) is 0. The molecule has 3 heteroatoms. The lowest BCUT2D eigenvalue weighted by Gasteiger charge is -2.04. The summed E-state index contributed by atoms with van der Waals surface area (Å²) in [5.41, 5.74) is 7.79. The second kappa shape index (κ2) is 2.71. The number of fused-ring (bicyclic) bond motifs is 1. The molecule has 0 saturated heterocycles. The van der Waals surface area contributed by atoms with Crippen molar-refractivity contribution in [1.29, 1.82) is 0 Å². The first-order valence-corrected chi connectivity index (χ1v) is 4.29. The van der Waals surface area contributed by atoms with Gasteiger partial charge in [-0.15, -0.1) is 0 Å². The molecule has 0 spiro atoms. The number of nitrogens with two attached hydrogens (primary N) is 1. The molecule has 1 aliphatic carbocycles. The Kier molecular flexibility index (Phi) is 1.81. The highest BCUT2D eigenvalue weighted by atomic mass is 35.5. The number of benzene rings is 1. The van der Waals surface area contributed by atoms with Gasteiger partial charge in [0.2, 0.25) is 0 Å². The third-order valence-corrected chi connectivity index (χ3v) is 2.60. The van der Waals surface area contributed by atoms with E-state index in [1.165, 1.54) is 6.07 Å². The molecule has 0 aliphatic heterocycles. The minimum Gasteiger partial charge on any atom is -0.324 e. The predicted molar refractivity (Wildman–Crippen MR) is 46.7 cm³/mol. The molecule has 1 unspecified atom stereocenters. The number of hydrogen-bond acceptors (Lipinski definition) is 1. The number of rotatable bonds is 0. The minimum absolute atomic E-state index is 0.0399.